The molecule has 13 heteroatoms. The first-order valence-corrected chi connectivity index (χ1v) is 10.8. The molecular weight excluding hydrogens is 511 g/mol. The Balaban J connectivity index is 2.61. The van der Waals surface area contributed by atoms with E-state index in [9.17, 15) is 36.6 Å². The van der Waals surface area contributed by atoms with Crippen molar-refractivity contribution in [2.75, 3.05) is 11.8 Å². The summed E-state index contributed by atoms with van der Waals surface area (Å²) in [6, 6.07) is 3.67. The number of phenolic OH excluding ortho intramolecular Hbond substituents is 2. The molecule has 0 saturated carbocycles. The van der Waals surface area contributed by atoms with Gasteiger partial charge in [0.25, 0.3) is 10.0 Å². The predicted octanol–water partition coefficient (Wildman–Crippen LogP) is 4.30. The van der Waals surface area contributed by atoms with Crippen molar-refractivity contribution in [3.63, 3.8) is 0 Å². The van der Waals surface area contributed by atoms with Crippen LogP contribution in [0, 0.1) is 0 Å². The molecule has 31 heavy (non-hydrogen) atoms. The molecule has 0 bridgehead atoms. The third kappa shape index (κ3) is 5.94. The molecule has 0 aliphatic carbocycles. The number of phenols is 2. The van der Waals surface area contributed by atoms with Crippen LogP contribution in [0.15, 0.2) is 33.6 Å². The van der Waals surface area contributed by atoms with Crippen LogP contribution in [0.25, 0.3) is 0 Å². The van der Waals surface area contributed by atoms with Crippen LogP contribution in [0.3, 0.4) is 0 Å². The lowest BCUT2D eigenvalue weighted by molar-refractivity contribution is -0.274. The molecular formula is C18H17BrF3NO7S. The molecule has 0 aliphatic rings. The zero-order chi connectivity index (χ0) is 23.6. The molecule has 0 saturated heterocycles. The molecule has 2 rings (SSSR count). The number of alkyl halides is 3. The Hall–Kier alpha value is -2.67. The number of esters is 1. The smallest absolute Gasteiger partial charge is 0.506 e. The van der Waals surface area contributed by atoms with Gasteiger partial charge in [0.2, 0.25) is 0 Å². The molecule has 0 amide bonds. The number of nitrogens with one attached hydrogen (secondary N) is 1. The van der Waals surface area contributed by atoms with E-state index in [0.717, 1.165) is 13.2 Å². The number of methoxy groups -OCH3 is 1. The highest BCUT2D eigenvalue weighted by molar-refractivity contribution is 9.10. The minimum absolute atomic E-state index is 0.311. The fourth-order valence-electron chi connectivity index (χ4n) is 2.64. The maximum Gasteiger partial charge on any atom is 0.573 e. The Morgan fingerprint density at radius 1 is 1.16 bits per heavy atom. The zero-order valence-electron chi connectivity index (χ0n) is 16.1. The van der Waals surface area contributed by atoms with Crippen LogP contribution < -0.4 is 9.46 Å². The Morgan fingerprint density at radius 3 is 2.35 bits per heavy atom. The first-order chi connectivity index (χ1) is 14.3. The second-order valence-corrected chi connectivity index (χ2v) is 8.74. The molecule has 2 aromatic carbocycles. The van der Waals surface area contributed by atoms with Crippen LogP contribution >= 0.6 is 15.9 Å². The highest BCUT2D eigenvalue weighted by Crippen LogP contribution is 2.38. The highest BCUT2D eigenvalue weighted by atomic mass is 79.9. The summed E-state index contributed by atoms with van der Waals surface area (Å²) in [4.78, 5) is 11.2. The number of carbonyl (C=O) groups excluding carboxylic acids is 1. The topological polar surface area (TPSA) is 122 Å². The summed E-state index contributed by atoms with van der Waals surface area (Å²) in [6.45, 7) is 1.81. The molecule has 0 unspecified atom stereocenters. The van der Waals surface area contributed by atoms with Crippen molar-refractivity contribution in [3.8, 4) is 17.2 Å². The van der Waals surface area contributed by atoms with E-state index < -0.39 is 55.7 Å². The Labute approximate surface area is 183 Å². The molecule has 170 valence electrons. The van der Waals surface area contributed by atoms with E-state index in [1.54, 1.807) is 0 Å². The van der Waals surface area contributed by atoms with E-state index in [1.807, 2.05) is 11.6 Å². The van der Waals surface area contributed by atoms with Crippen molar-refractivity contribution in [2.24, 2.45) is 0 Å². The molecule has 0 heterocycles. The number of aromatic hydroxyl groups is 2. The monoisotopic (exact) mass is 527 g/mol. The van der Waals surface area contributed by atoms with Gasteiger partial charge >= 0.3 is 12.3 Å². The average Bonchev–Trinajstić information content (AvgIpc) is 2.64. The lowest BCUT2D eigenvalue weighted by atomic mass is 10.1. The number of sulfonamides is 1. The van der Waals surface area contributed by atoms with Gasteiger partial charge in [-0.25, -0.2) is 13.2 Å². The zero-order valence-corrected chi connectivity index (χ0v) is 18.5. The molecule has 0 aromatic heterocycles. The molecule has 3 N–H and O–H groups in total. The number of halogens is 4. The third-order valence-electron chi connectivity index (χ3n) is 3.89. The molecule has 0 spiro atoms. The van der Waals surface area contributed by atoms with Gasteiger partial charge < -0.3 is 19.7 Å². The van der Waals surface area contributed by atoms with Gasteiger partial charge in [0.1, 0.15) is 22.0 Å². The van der Waals surface area contributed by atoms with Gasteiger partial charge in [-0.1, -0.05) is 29.3 Å². The van der Waals surface area contributed by atoms with Crippen LogP contribution in [-0.2, 0) is 21.2 Å². The molecule has 0 radical (unpaired) electrons. The summed E-state index contributed by atoms with van der Waals surface area (Å²) in [5.74, 6) is -3.77. The second-order valence-electron chi connectivity index (χ2n) is 6.17. The van der Waals surface area contributed by atoms with E-state index >= 15 is 0 Å². The highest BCUT2D eigenvalue weighted by Gasteiger charge is 2.33. The second kappa shape index (κ2) is 9.22. The van der Waals surface area contributed by atoms with E-state index in [2.05, 4.69) is 25.4 Å². The standard InChI is InChI=1S/C18H17BrF3NO7S/c1-3-4-9-5-10(19)6-14(15(9)24)31(27,28)23-13-8-11(30-18(20,21)22)7-12(16(13)25)17(26)29-2/h5-8,23-25H,3-4H2,1-2H3. The number of hydrogen-bond donors (Lipinski definition) is 3. The van der Waals surface area contributed by atoms with Gasteiger partial charge in [-0.2, -0.15) is 0 Å². The van der Waals surface area contributed by atoms with Crippen molar-refractivity contribution >= 4 is 37.6 Å². The number of anilines is 1. The van der Waals surface area contributed by atoms with Crippen LogP contribution in [0.1, 0.15) is 29.3 Å². The van der Waals surface area contributed by atoms with Crippen LogP contribution in [0.2, 0.25) is 0 Å². The first kappa shape index (κ1) is 24.6. The van der Waals surface area contributed by atoms with Gasteiger partial charge in [0.05, 0.1) is 12.8 Å². The third-order valence-corrected chi connectivity index (χ3v) is 5.73. The summed E-state index contributed by atoms with van der Waals surface area (Å²) in [5, 5.41) is 20.6. The summed E-state index contributed by atoms with van der Waals surface area (Å²) in [5.41, 5.74) is -1.25. The van der Waals surface area contributed by atoms with E-state index in [-0.39, 0.29) is 0 Å². The number of hydrogen-bond acceptors (Lipinski definition) is 7. The summed E-state index contributed by atoms with van der Waals surface area (Å²) >= 11 is 3.14. The minimum atomic E-state index is -5.15. The van der Waals surface area contributed by atoms with Gasteiger partial charge in [-0.15, -0.1) is 13.2 Å². The Morgan fingerprint density at radius 2 is 1.81 bits per heavy atom. The van der Waals surface area contributed by atoms with E-state index in [1.165, 1.54) is 6.07 Å². The number of ether oxygens (including phenoxy) is 2. The fourth-order valence-corrected chi connectivity index (χ4v) is 4.52. The van der Waals surface area contributed by atoms with Gasteiger partial charge in [-0.05, 0) is 30.2 Å². The first-order valence-electron chi connectivity index (χ1n) is 8.54. The van der Waals surface area contributed by atoms with Gasteiger partial charge in [0, 0.05) is 10.5 Å². The normalized spacial score (nSPS) is 11.8. The average molecular weight is 528 g/mol. The maximum absolute atomic E-state index is 12.8. The fraction of sp³-hybridized carbons (Fsp3) is 0.278. The summed E-state index contributed by atoms with van der Waals surface area (Å²) in [7, 11) is -3.70. The van der Waals surface area contributed by atoms with E-state index in [4.69, 9.17) is 0 Å². The number of benzene rings is 2. The maximum atomic E-state index is 12.8. The summed E-state index contributed by atoms with van der Waals surface area (Å²) < 4.78 is 73.9. The van der Waals surface area contributed by atoms with Crippen molar-refractivity contribution in [1.82, 2.24) is 0 Å². The minimum Gasteiger partial charge on any atom is -0.506 e. The molecule has 8 nitrogen and oxygen atoms in total. The molecule has 0 atom stereocenters. The molecule has 2 aromatic rings. The van der Waals surface area contributed by atoms with Gasteiger partial charge in [0.15, 0.2) is 5.75 Å². The van der Waals surface area contributed by atoms with Crippen molar-refractivity contribution in [3.05, 3.63) is 39.9 Å². The number of aryl methyl sites for hydroxylation is 1. The summed E-state index contributed by atoms with van der Waals surface area (Å²) in [6.07, 6.45) is -4.21. The van der Waals surface area contributed by atoms with Crippen molar-refractivity contribution < 1.29 is 46.1 Å². The van der Waals surface area contributed by atoms with Crippen LogP contribution in [0.5, 0.6) is 17.2 Å². The lowest BCUT2D eigenvalue weighted by Gasteiger charge is -2.16. The number of rotatable bonds is 7. The van der Waals surface area contributed by atoms with Crippen molar-refractivity contribution in [1.29, 1.82) is 0 Å². The number of carbonyl (C=O) groups is 1. The van der Waals surface area contributed by atoms with E-state index in [0.29, 0.717) is 35.0 Å². The Kier molecular flexibility index (Phi) is 7.32. The lowest BCUT2D eigenvalue weighted by Crippen LogP contribution is -2.19. The SMILES string of the molecule is CCCc1cc(Br)cc(S(=O)(=O)Nc2cc(OC(F)(F)F)cc(C(=O)OC)c2O)c1O. The molecule has 0 fully saturated rings. The van der Waals surface area contributed by atoms with Crippen LogP contribution in [-0.4, -0.2) is 38.1 Å². The predicted molar refractivity (Wildman–Crippen MR) is 107 cm³/mol. The quantitative estimate of drug-likeness (QED) is 0.362. The molecule has 0 aliphatic heterocycles. The van der Waals surface area contributed by atoms with Crippen molar-refractivity contribution in [2.45, 2.75) is 31.0 Å². The van der Waals surface area contributed by atoms with Crippen LogP contribution in [0.4, 0.5) is 18.9 Å². The largest absolute Gasteiger partial charge is 0.573 e. The Bertz CT molecular complexity index is 1100. The van der Waals surface area contributed by atoms with Gasteiger partial charge in [-0.3, -0.25) is 4.72 Å².